The van der Waals surface area contributed by atoms with Crippen LogP contribution in [0.15, 0.2) is 24.3 Å². The van der Waals surface area contributed by atoms with Crippen LogP contribution in [0.4, 0.5) is 10.5 Å². The van der Waals surface area contributed by atoms with Crippen molar-refractivity contribution < 1.29 is 19.4 Å². The minimum Gasteiger partial charge on any atom is -0.506 e. The van der Waals surface area contributed by atoms with Gasteiger partial charge in [-0.15, -0.1) is 0 Å². The predicted molar refractivity (Wildman–Crippen MR) is 84.7 cm³/mol. The SMILES string of the molecule is CC(C)C(NC(=O)OC(C)(C)C)C(=O)Nc1ccccc1O. The summed E-state index contributed by atoms with van der Waals surface area (Å²) in [6, 6.07) is 5.64. The van der Waals surface area contributed by atoms with Gasteiger partial charge in [-0.25, -0.2) is 4.79 Å². The van der Waals surface area contributed by atoms with Crippen molar-refractivity contribution in [2.45, 2.75) is 46.3 Å². The minimum atomic E-state index is -0.769. The van der Waals surface area contributed by atoms with Crippen LogP contribution in [-0.4, -0.2) is 28.7 Å². The van der Waals surface area contributed by atoms with Gasteiger partial charge in [-0.1, -0.05) is 26.0 Å². The Kier molecular flexibility index (Phi) is 5.79. The van der Waals surface area contributed by atoms with Gasteiger partial charge in [0.1, 0.15) is 17.4 Å². The van der Waals surface area contributed by atoms with E-state index in [9.17, 15) is 14.7 Å². The number of aromatic hydroxyl groups is 1. The molecule has 0 radical (unpaired) electrons. The van der Waals surface area contributed by atoms with Crippen molar-refractivity contribution in [2.75, 3.05) is 5.32 Å². The van der Waals surface area contributed by atoms with E-state index in [1.165, 1.54) is 6.07 Å². The molecule has 0 aromatic heterocycles. The molecule has 1 aromatic rings. The van der Waals surface area contributed by atoms with Gasteiger partial charge in [0.2, 0.25) is 5.91 Å². The Morgan fingerprint density at radius 1 is 1.18 bits per heavy atom. The van der Waals surface area contributed by atoms with Crippen LogP contribution in [0.3, 0.4) is 0 Å². The topological polar surface area (TPSA) is 87.7 Å². The fraction of sp³-hybridized carbons (Fsp3) is 0.500. The summed E-state index contributed by atoms with van der Waals surface area (Å²) in [6.45, 7) is 8.87. The van der Waals surface area contributed by atoms with Crippen molar-refractivity contribution in [1.82, 2.24) is 5.32 Å². The maximum Gasteiger partial charge on any atom is 0.408 e. The lowest BCUT2D eigenvalue weighted by Gasteiger charge is -2.25. The van der Waals surface area contributed by atoms with Crippen LogP contribution in [0.25, 0.3) is 0 Å². The van der Waals surface area contributed by atoms with Gasteiger partial charge in [-0.05, 0) is 38.8 Å². The number of benzene rings is 1. The zero-order chi connectivity index (χ0) is 16.9. The molecule has 0 spiro atoms. The third kappa shape index (κ3) is 5.63. The third-order valence-corrected chi connectivity index (χ3v) is 2.78. The van der Waals surface area contributed by atoms with Gasteiger partial charge in [-0.3, -0.25) is 4.79 Å². The van der Waals surface area contributed by atoms with Gasteiger partial charge in [0.15, 0.2) is 0 Å². The zero-order valence-corrected chi connectivity index (χ0v) is 13.6. The van der Waals surface area contributed by atoms with Crippen molar-refractivity contribution in [3.63, 3.8) is 0 Å². The van der Waals surface area contributed by atoms with Crippen LogP contribution in [0.1, 0.15) is 34.6 Å². The summed E-state index contributed by atoms with van der Waals surface area (Å²) in [5, 5.41) is 14.8. The second kappa shape index (κ2) is 7.15. The number of carbonyl (C=O) groups excluding carboxylic acids is 2. The summed E-state index contributed by atoms with van der Waals surface area (Å²) in [4.78, 5) is 24.1. The second-order valence-corrected chi connectivity index (χ2v) is 6.37. The molecule has 0 saturated carbocycles. The highest BCUT2D eigenvalue weighted by atomic mass is 16.6. The number of para-hydroxylation sites is 2. The fourth-order valence-electron chi connectivity index (χ4n) is 1.76. The van der Waals surface area contributed by atoms with Crippen LogP contribution in [-0.2, 0) is 9.53 Å². The smallest absolute Gasteiger partial charge is 0.408 e. The van der Waals surface area contributed by atoms with Gasteiger partial charge < -0.3 is 20.5 Å². The molecule has 0 aliphatic rings. The van der Waals surface area contributed by atoms with Crippen molar-refractivity contribution in [2.24, 2.45) is 5.92 Å². The van der Waals surface area contributed by atoms with Gasteiger partial charge in [0.25, 0.3) is 0 Å². The molecule has 0 saturated heterocycles. The Morgan fingerprint density at radius 2 is 1.77 bits per heavy atom. The molecule has 0 aliphatic carbocycles. The first-order valence-electron chi connectivity index (χ1n) is 7.18. The quantitative estimate of drug-likeness (QED) is 0.746. The summed E-state index contributed by atoms with van der Waals surface area (Å²) < 4.78 is 5.16. The summed E-state index contributed by atoms with van der Waals surface area (Å²) in [5.41, 5.74) is -0.344. The van der Waals surface area contributed by atoms with E-state index in [1.54, 1.807) is 39.0 Å². The molecule has 0 bridgehead atoms. The molecule has 0 heterocycles. The maximum absolute atomic E-state index is 12.3. The molecule has 2 amide bonds. The van der Waals surface area contributed by atoms with Crippen LogP contribution in [0.5, 0.6) is 5.75 Å². The van der Waals surface area contributed by atoms with E-state index >= 15 is 0 Å². The first-order chi connectivity index (χ1) is 10.1. The van der Waals surface area contributed by atoms with Crippen LogP contribution in [0, 0.1) is 5.92 Å². The molecule has 0 aliphatic heterocycles. The summed E-state index contributed by atoms with van der Waals surface area (Å²) in [5.74, 6) is -0.587. The average Bonchev–Trinajstić information content (AvgIpc) is 2.36. The van der Waals surface area contributed by atoms with Crippen LogP contribution >= 0.6 is 0 Å². The summed E-state index contributed by atoms with van der Waals surface area (Å²) in [7, 11) is 0. The molecule has 1 unspecified atom stereocenters. The number of alkyl carbamates (subject to hydrolysis) is 1. The fourth-order valence-corrected chi connectivity index (χ4v) is 1.76. The van der Waals surface area contributed by atoms with Crippen molar-refractivity contribution in [3.05, 3.63) is 24.3 Å². The molecule has 0 fully saturated rings. The molecule has 3 N–H and O–H groups in total. The summed E-state index contributed by atoms with van der Waals surface area (Å²) >= 11 is 0. The highest BCUT2D eigenvalue weighted by Crippen LogP contribution is 2.22. The highest BCUT2D eigenvalue weighted by molar-refractivity contribution is 5.97. The zero-order valence-electron chi connectivity index (χ0n) is 13.6. The second-order valence-electron chi connectivity index (χ2n) is 6.37. The molecular formula is C16H24N2O4. The van der Waals surface area contributed by atoms with Crippen molar-refractivity contribution in [1.29, 1.82) is 0 Å². The average molecular weight is 308 g/mol. The normalized spacial score (nSPS) is 12.6. The molecule has 6 heteroatoms. The van der Waals surface area contributed by atoms with Crippen LogP contribution in [0.2, 0.25) is 0 Å². The molecule has 6 nitrogen and oxygen atoms in total. The van der Waals surface area contributed by atoms with Gasteiger partial charge in [-0.2, -0.15) is 0 Å². The number of phenolic OH excluding ortho intramolecular Hbond substituents is 1. The number of nitrogens with one attached hydrogen (secondary N) is 2. The lowest BCUT2D eigenvalue weighted by molar-refractivity contribution is -0.119. The van der Waals surface area contributed by atoms with E-state index in [0.29, 0.717) is 5.69 Å². The number of amides is 2. The third-order valence-electron chi connectivity index (χ3n) is 2.78. The first kappa shape index (κ1) is 17.8. The lowest BCUT2D eigenvalue weighted by Crippen LogP contribution is -2.48. The van der Waals surface area contributed by atoms with E-state index in [0.717, 1.165) is 0 Å². The van der Waals surface area contributed by atoms with E-state index < -0.39 is 23.6 Å². The Balaban J connectivity index is 2.77. The molecule has 1 rings (SSSR count). The number of carbonyl (C=O) groups is 2. The standard InChI is InChI=1S/C16H24N2O4/c1-10(2)13(18-15(21)22-16(3,4)5)14(20)17-11-8-6-7-9-12(11)19/h6-10,13,19H,1-5H3,(H,17,20)(H,18,21). The minimum absolute atomic E-state index is 0.0318. The lowest BCUT2D eigenvalue weighted by atomic mass is 10.0. The largest absolute Gasteiger partial charge is 0.506 e. The Morgan fingerprint density at radius 3 is 2.27 bits per heavy atom. The van der Waals surface area contributed by atoms with E-state index in [4.69, 9.17) is 4.74 Å². The Hall–Kier alpha value is -2.24. The van der Waals surface area contributed by atoms with Gasteiger partial charge in [0, 0.05) is 0 Å². The summed E-state index contributed by atoms with van der Waals surface area (Å²) in [6.07, 6.45) is -0.654. The molecule has 122 valence electrons. The number of rotatable bonds is 4. The Labute approximate surface area is 130 Å². The number of anilines is 1. The monoisotopic (exact) mass is 308 g/mol. The number of ether oxygens (including phenoxy) is 1. The molecule has 1 aromatic carbocycles. The van der Waals surface area contributed by atoms with Gasteiger partial charge in [0.05, 0.1) is 5.69 Å². The first-order valence-corrected chi connectivity index (χ1v) is 7.18. The van der Waals surface area contributed by atoms with E-state index in [1.807, 2.05) is 13.8 Å². The maximum atomic E-state index is 12.3. The van der Waals surface area contributed by atoms with Crippen molar-refractivity contribution >= 4 is 17.7 Å². The van der Waals surface area contributed by atoms with E-state index in [2.05, 4.69) is 10.6 Å². The predicted octanol–water partition coefficient (Wildman–Crippen LogP) is 2.88. The molecular weight excluding hydrogens is 284 g/mol. The molecule has 22 heavy (non-hydrogen) atoms. The highest BCUT2D eigenvalue weighted by Gasteiger charge is 2.27. The number of hydrogen-bond donors (Lipinski definition) is 3. The van der Waals surface area contributed by atoms with Crippen LogP contribution < -0.4 is 10.6 Å². The number of phenols is 1. The van der Waals surface area contributed by atoms with Crippen molar-refractivity contribution in [3.8, 4) is 5.75 Å². The van der Waals surface area contributed by atoms with E-state index in [-0.39, 0.29) is 11.7 Å². The number of hydrogen-bond acceptors (Lipinski definition) is 4. The van der Waals surface area contributed by atoms with Gasteiger partial charge >= 0.3 is 6.09 Å². The molecule has 1 atom stereocenters. The Bertz CT molecular complexity index is 535.